The van der Waals surface area contributed by atoms with E-state index in [2.05, 4.69) is 40.0 Å². The second kappa shape index (κ2) is 9.03. The van der Waals surface area contributed by atoms with Crippen molar-refractivity contribution in [3.63, 3.8) is 0 Å². The number of anilines is 1. The van der Waals surface area contributed by atoms with Crippen molar-refractivity contribution in [3.8, 4) is 0 Å². The SMILES string of the molecule is CN1CCN(CC(=O)N(C2=CCC(N3CCCC3)C=C2)c2ccccc2)CC1. The fraction of sp³-hybridized carbons (Fsp3) is 0.522. The molecule has 0 bridgehead atoms. The minimum absolute atomic E-state index is 0.159. The number of para-hydroxylation sites is 1. The summed E-state index contributed by atoms with van der Waals surface area (Å²) < 4.78 is 0. The Balaban J connectivity index is 1.48. The summed E-state index contributed by atoms with van der Waals surface area (Å²) in [4.78, 5) is 22.4. The number of likely N-dealkylation sites (tertiary alicyclic amines) is 1. The number of likely N-dealkylation sites (N-methyl/N-ethyl adjacent to an activating group) is 1. The van der Waals surface area contributed by atoms with E-state index in [1.165, 1.54) is 25.9 Å². The third kappa shape index (κ3) is 4.54. The van der Waals surface area contributed by atoms with E-state index in [9.17, 15) is 4.79 Å². The van der Waals surface area contributed by atoms with Gasteiger partial charge in [0.2, 0.25) is 5.91 Å². The Morgan fingerprint density at radius 3 is 2.39 bits per heavy atom. The van der Waals surface area contributed by atoms with E-state index in [4.69, 9.17) is 0 Å². The predicted octanol–water partition coefficient (Wildman–Crippen LogP) is 2.58. The maximum atomic E-state index is 13.3. The minimum Gasteiger partial charge on any atom is -0.304 e. The highest BCUT2D eigenvalue weighted by atomic mass is 16.2. The Hall–Kier alpha value is -1.95. The summed E-state index contributed by atoms with van der Waals surface area (Å²) in [7, 11) is 2.14. The molecule has 1 aliphatic carbocycles. The van der Waals surface area contributed by atoms with Crippen molar-refractivity contribution in [3.05, 3.63) is 54.3 Å². The van der Waals surface area contributed by atoms with Gasteiger partial charge in [-0.15, -0.1) is 0 Å². The molecule has 3 aliphatic rings. The molecule has 0 N–H and O–H groups in total. The van der Waals surface area contributed by atoms with Crippen molar-refractivity contribution in [2.24, 2.45) is 0 Å². The van der Waals surface area contributed by atoms with Crippen LogP contribution in [0.3, 0.4) is 0 Å². The van der Waals surface area contributed by atoms with Crippen molar-refractivity contribution in [2.75, 3.05) is 57.8 Å². The van der Waals surface area contributed by atoms with Gasteiger partial charge < -0.3 is 4.90 Å². The second-order valence-electron chi connectivity index (χ2n) is 8.18. The molecule has 0 spiro atoms. The molecule has 150 valence electrons. The number of rotatable bonds is 5. The summed E-state index contributed by atoms with van der Waals surface area (Å²) in [6, 6.07) is 10.6. The van der Waals surface area contributed by atoms with Crippen LogP contribution in [0.1, 0.15) is 19.3 Å². The lowest BCUT2D eigenvalue weighted by molar-refractivity contribution is -0.119. The molecule has 5 heteroatoms. The van der Waals surface area contributed by atoms with E-state index in [0.29, 0.717) is 12.6 Å². The molecule has 2 fully saturated rings. The number of hydrogen-bond acceptors (Lipinski definition) is 4. The molecule has 2 aliphatic heterocycles. The molecule has 1 aromatic rings. The van der Waals surface area contributed by atoms with Gasteiger partial charge in [-0.25, -0.2) is 0 Å². The normalized spacial score (nSPS) is 24.3. The summed E-state index contributed by atoms with van der Waals surface area (Å²) >= 11 is 0. The topological polar surface area (TPSA) is 30.0 Å². The van der Waals surface area contributed by atoms with E-state index in [1.807, 2.05) is 35.2 Å². The molecule has 1 aromatic carbocycles. The fourth-order valence-corrected chi connectivity index (χ4v) is 4.39. The summed E-state index contributed by atoms with van der Waals surface area (Å²) in [6.45, 7) is 6.83. The predicted molar refractivity (Wildman–Crippen MR) is 114 cm³/mol. The molecule has 1 unspecified atom stereocenters. The summed E-state index contributed by atoms with van der Waals surface area (Å²) in [6.07, 6.45) is 10.3. The average Bonchev–Trinajstić information content (AvgIpc) is 3.26. The Morgan fingerprint density at radius 1 is 1.04 bits per heavy atom. The van der Waals surface area contributed by atoms with Crippen LogP contribution in [-0.4, -0.2) is 79.5 Å². The van der Waals surface area contributed by atoms with Crippen LogP contribution in [-0.2, 0) is 4.79 Å². The molecule has 0 saturated carbocycles. The highest BCUT2D eigenvalue weighted by Crippen LogP contribution is 2.26. The van der Waals surface area contributed by atoms with E-state index >= 15 is 0 Å². The van der Waals surface area contributed by atoms with Crippen molar-refractivity contribution < 1.29 is 4.79 Å². The van der Waals surface area contributed by atoms with Gasteiger partial charge in [-0.1, -0.05) is 30.4 Å². The van der Waals surface area contributed by atoms with Gasteiger partial charge in [-0.3, -0.25) is 19.5 Å². The Kier molecular flexibility index (Phi) is 6.25. The van der Waals surface area contributed by atoms with Gasteiger partial charge in [0.25, 0.3) is 0 Å². The van der Waals surface area contributed by atoms with Crippen LogP contribution in [0.2, 0.25) is 0 Å². The first-order valence-corrected chi connectivity index (χ1v) is 10.6. The van der Waals surface area contributed by atoms with E-state index in [1.54, 1.807) is 0 Å². The lowest BCUT2D eigenvalue weighted by Gasteiger charge is -2.34. The number of allylic oxidation sites excluding steroid dienone is 1. The van der Waals surface area contributed by atoms with Crippen LogP contribution in [0, 0.1) is 0 Å². The van der Waals surface area contributed by atoms with Crippen molar-refractivity contribution >= 4 is 11.6 Å². The zero-order valence-electron chi connectivity index (χ0n) is 17.0. The second-order valence-corrected chi connectivity index (χ2v) is 8.18. The number of carbonyl (C=O) groups excluding carboxylic acids is 1. The maximum Gasteiger partial charge on any atom is 0.245 e. The average molecular weight is 381 g/mol. The van der Waals surface area contributed by atoms with Crippen LogP contribution in [0.25, 0.3) is 0 Å². The van der Waals surface area contributed by atoms with Crippen molar-refractivity contribution in [1.29, 1.82) is 0 Å². The maximum absolute atomic E-state index is 13.3. The Bertz CT molecular complexity index is 715. The number of hydrogen-bond donors (Lipinski definition) is 0. The van der Waals surface area contributed by atoms with Gasteiger partial charge in [0.05, 0.1) is 6.54 Å². The standard InChI is InChI=1S/C23H32N4O/c1-24-15-17-25(18-16-24)19-23(28)27(21-7-3-2-4-8-21)22-11-9-20(10-12-22)26-13-5-6-14-26/h2-4,7-9,11-12,20H,5-6,10,13-19H2,1H3. The molecule has 2 heterocycles. The highest BCUT2D eigenvalue weighted by Gasteiger charge is 2.26. The first-order chi connectivity index (χ1) is 13.7. The van der Waals surface area contributed by atoms with Crippen LogP contribution < -0.4 is 4.90 Å². The van der Waals surface area contributed by atoms with Crippen LogP contribution >= 0.6 is 0 Å². The number of carbonyl (C=O) groups is 1. The Labute approximate surface area is 168 Å². The first-order valence-electron chi connectivity index (χ1n) is 10.6. The lowest BCUT2D eigenvalue weighted by Crippen LogP contribution is -2.49. The highest BCUT2D eigenvalue weighted by molar-refractivity contribution is 5.98. The summed E-state index contributed by atoms with van der Waals surface area (Å²) in [5.74, 6) is 0.159. The molecule has 0 aromatic heterocycles. The summed E-state index contributed by atoms with van der Waals surface area (Å²) in [5.41, 5.74) is 1.97. The number of amides is 1. The van der Waals surface area contributed by atoms with Gasteiger partial charge in [-0.2, -0.15) is 0 Å². The largest absolute Gasteiger partial charge is 0.304 e. The van der Waals surface area contributed by atoms with Crippen molar-refractivity contribution in [1.82, 2.24) is 14.7 Å². The van der Waals surface area contributed by atoms with Gasteiger partial charge in [0.15, 0.2) is 0 Å². The molecule has 1 atom stereocenters. The monoisotopic (exact) mass is 380 g/mol. The Morgan fingerprint density at radius 2 is 1.75 bits per heavy atom. The quantitative estimate of drug-likeness (QED) is 0.785. The number of nitrogens with zero attached hydrogens (tertiary/aromatic N) is 4. The van der Waals surface area contributed by atoms with Crippen LogP contribution in [0.15, 0.2) is 54.3 Å². The molecule has 1 amide bonds. The van der Waals surface area contributed by atoms with E-state index in [-0.39, 0.29) is 5.91 Å². The fourth-order valence-electron chi connectivity index (χ4n) is 4.39. The van der Waals surface area contributed by atoms with E-state index < -0.39 is 0 Å². The molecular formula is C23H32N4O. The van der Waals surface area contributed by atoms with Crippen molar-refractivity contribution in [2.45, 2.75) is 25.3 Å². The third-order valence-corrected chi connectivity index (χ3v) is 6.14. The molecule has 5 nitrogen and oxygen atoms in total. The minimum atomic E-state index is 0.159. The van der Waals surface area contributed by atoms with Gasteiger partial charge in [-0.05, 0) is 57.6 Å². The summed E-state index contributed by atoms with van der Waals surface area (Å²) in [5, 5.41) is 0. The van der Waals surface area contributed by atoms with Gasteiger partial charge in [0.1, 0.15) is 0 Å². The number of piperazine rings is 1. The lowest BCUT2D eigenvalue weighted by atomic mass is 10.0. The van der Waals surface area contributed by atoms with Crippen LogP contribution in [0.5, 0.6) is 0 Å². The van der Waals surface area contributed by atoms with Crippen LogP contribution in [0.4, 0.5) is 5.69 Å². The molecule has 28 heavy (non-hydrogen) atoms. The zero-order chi connectivity index (χ0) is 19.3. The van der Waals surface area contributed by atoms with Gasteiger partial charge >= 0.3 is 0 Å². The molecule has 4 rings (SSSR count). The molecular weight excluding hydrogens is 348 g/mol. The third-order valence-electron chi connectivity index (χ3n) is 6.14. The smallest absolute Gasteiger partial charge is 0.245 e. The number of benzene rings is 1. The molecule has 2 saturated heterocycles. The van der Waals surface area contributed by atoms with Gasteiger partial charge in [0, 0.05) is 43.6 Å². The molecule has 0 radical (unpaired) electrons. The first kappa shape index (κ1) is 19.4. The van der Waals surface area contributed by atoms with E-state index in [0.717, 1.165) is 44.0 Å². The zero-order valence-corrected chi connectivity index (χ0v) is 17.0.